The van der Waals surface area contributed by atoms with Gasteiger partial charge in [-0.2, -0.15) is 0 Å². The molecular weight excluding hydrogens is 442 g/mol. The molecule has 0 aliphatic rings. The average Bonchev–Trinajstić information content (AvgIpc) is 2.80. The molecule has 2 heterocycles. The van der Waals surface area contributed by atoms with Gasteiger partial charge in [0.15, 0.2) is 6.61 Å². The van der Waals surface area contributed by atoms with Gasteiger partial charge in [-0.3, -0.25) is 9.59 Å². The number of fused-ring (bicyclic) bond motifs is 1. The Balaban J connectivity index is 1.70. The topological polar surface area (TPSA) is 90.3 Å². The molecule has 33 heavy (non-hydrogen) atoms. The molecule has 4 rings (SSSR count). The fourth-order valence-corrected chi connectivity index (χ4v) is 3.73. The predicted molar refractivity (Wildman–Crippen MR) is 128 cm³/mol. The highest BCUT2D eigenvalue weighted by atomic mass is 35.5. The van der Waals surface area contributed by atoms with Crippen molar-refractivity contribution in [3.05, 3.63) is 93.5 Å². The molecule has 0 radical (unpaired) electrons. The highest BCUT2D eigenvalue weighted by Crippen LogP contribution is 2.31. The van der Waals surface area contributed by atoms with E-state index in [-0.39, 0.29) is 11.3 Å². The first-order valence-corrected chi connectivity index (χ1v) is 10.5. The van der Waals surface area contributed by atoms with E-state index in [1.807, 2.05) is 0 Å². The van der Waals surface area contributed by atoms with Crippen LogP contribution in [0, 0.1) is 6.92 Å². The van der Waals surface area contributed by atoms with E-state index in [0.717, 1.165) is 5.69 Å². The summed E-state index contributed by atoms with van der Waals surface area (Å²) in [5.41, 5.74) is 1.65. The van der Waals surface area contributed by atoms with E-state index in [1.54, 1.807) is 73.7 Å². The van der Waals surface area contributed by atoms with Crippen LogP contribution in [0.25, 0.3) is 21.9 Å². The number of carbonyl (C=O) groups excluding carboxylic acids is 2. The fourth-order valence-electron chi connectivity index (χ4n) is 3.60. The quantitative estimate of drug-likeness (QED) is 0.446. The number of hydrogen-bond acceptors (Lipinski definition) is 5. The normalized spacial score (nSPS) is 10.8. The van der Waals surface area contributed by atoms with E-state index in [0.29, 0.717) is 32.7 Å². The minimum Gasteiger partial charge on any atom is -0.451 e. The van der Waals surface area contributed by atoms with E-state index in [4.69, 9.17) is 16.3 Å². The highest BCUT2D eigenvalue weighted by Gasteiger charge is 2.23. The van der Waals surface area contributed by atoms with E-state index in [1.165, 1.54) is 11.6 Å². The Morgan fingerprint density at radius 1 is 1.00 bits per heavy atom. The SMILES string of the molecule is Cc1cccc(NC(=O)COC(=O)c2c(-c3ccc(Cl)cc3)c3ccccc3c(=O)n2C)n1. The predicted octanol–water partition coefficient (Wildman–Crippen LogP) is 4.36. The van der Waals surface area contributed by atoms with Crippen molar-refractivity contribution in [2.75, 3.05) is 11.9 Å². The number of rotatable bonds is 5. The van der Waals surface area contributed by atoms with E-state index in [9.17, 15) is 14.4 Å². The number of benzene rings is 2. The number of carbonyl (C=O) groups is 2. The van der Waals surface area contributed by atoms with Crippen molar-refractivity contribution < 1.29 is 14.3 Å². The molecule has 2 aromatic carbocycles. The van der Waals surface area contributed by atoms with Crippen LogP contribution in [0.15, 0.2) is 71.5 Å². The molecule has 0 unspecified atom stereocenters. The van der Waals surface area contributed by atoms with Crippen LogP contribution in [0.4, 0.5) is 5.82 Å². The maximum Gasteiger partial charge on any atom is 0.356 e. The van der Waals surface area contributed by atoms with Crippen LogP contribution in [0.2, 0.25) is 5.02 Å². The second-order valence-corrected chi connectivity index (χ2v) is 7.87. The molecule has 0 bridgehead atoms. The lowest BCUT2D eigenvalue weighted by Gasteiger charge is -2.17. The van der Waals surface area contributed by atoms with Gasteiger partial charge in [0.25, 0.3) is 11.5 Å². The van der Waals surface area contributed by atoms with E-state index >= 15 is 0 Å². The zero-order chi connectivity index (χ0) is 23.5. The average molecular weight is 462 g/mol. The Morgan fingerprint density at radius 2 is 1.70 bits per heavy atom. The molecule has 0 atom stereocenters. The lowest BCUT2D eigenvalue weighted by molar-refractivity contribution is -0.119. The fraction of sp³-hybridized carbons (Fsp3) is 0.120. The van der Waals surface area contributed by atoms with Crippen molar-refractivity contribution >= 4 is 40.1 Å². The Bertz CT molecular complexity index is 1430. The van der Waals surface area contributed by atoms with Crippen molar-refractivity contribution in [2.45, 2.75) is 6.92 Å². The molecule has 8 heteroatoms. The first-order chi connectivity index (χ1) is 15.8. The third-order valence-corrected chi connectivity index (χ3v) is 5.37. The third-order valence-electron chi connectivity index (χ3n) is 5.12. The Labute approximate surface area is 194 Å². The van der Waals surface area contributed by atoms with Gasteiger partial charge >= 0.3 is 5.97 Å². The number of aryl methyl sites for hydroxylation is 1. The van der Waals surface area contributed by atoms with Gasteiger partial charge in [-0.25, -0.2) is 9.78 Å². The van der Waals surface area contributed by atoms with E-state index < -0.39 is 18.5 Å². The summed E-state index contributed by atoms with van der Waals surface area (Å²) in [7, 11) is 1.50. The van der Waals surface area contributed by atoms with Crippen LogP contribution < -0.4 is 10.9 Å². The van der Waals surface area contributed by atoms with Crippen LogP contribution in [0.1, 0.15) is 16.2 Å². The summed E-state index contributed by atoms with van der Waals surface area (Å²) in [4.78, 5) is 42.6. The van der Waals surface area contributed by atoms with Gasteiger partial charge < -0.3 is 14.6 Å². The van der Waals surface area contributed by atoms with Crippen LogP contribution in [-0.2, 0) is 16.6 Å². The number of anilines is 1. The first-order valence-electron chi connectivity index (χ1n) is 10.1. The summed E-state index contributed by atoms with van der Waals surface area (Å²) in [6.07, 6.45) is 0. The Morgan fingerprint density at radius 3 is 2.39 bits per heavy atom. The van der Waals surface area contributed by atoms with Crippen molar-refractivity contribution in [1.29, 1.82) is 0 Å². The number of nitrogens with one attached hydrogen (secondary N) is 1. The molecule has 0 fully saturated rings. The minimum atomic E-state index is -0.794. The molecule has 1 amide bonds. The van der Waals surface area contributed by atoms with Crippen LogP contribution in [-0.4, -0.2) is 28.0 Å². The molecule has 0 aliphatic heterocycles. The molecule has 0 saturated carbocycles. The number of ether oxygens (including phenoxy) is 1. The van der Waals surface area contributed by atoms with Crippen molar-refractivity contribution in [3.63, 3.8) is 0 Å². The smallest absolute Gasteiger partial charge is 0.356 e. The van der Waals surface area contributed by atoms with Gasteiger partial charge in [-0.05, 0) is 48.2 Å². The summed E-state index contributed by atoms with van der Waals surface area (Å²) in [5, 5.41) is 4.19. The summed E-state index contributed by atoms with van der Waals surface area (Å²) < 4.78 is 6.54. The largest absolute Gasteiger partial charge is 0.451 e. The van der Waals surface area contributed by atoms with Crippen molar-refractivity contribution in [2.24, 2.45) is 7.05 Å². The zero-order valence-electron chi connectivity index (χ0n) is 18.0. The molecule has 2 aromatic heterocycles. The number of halogens is 1. The number of nitrogens with zero attached hydrogens (tertiary/aromatic N) is 2. The molecule has 0 aliphatic carbocycles. The van der Waals surface area contributed by atoms with Crippen molar-refractivity contribution in [3.8, 4) is 11.1 Å². The molecule has 1 N–H and O–H groups in total. The van der Waals surface area contributed by atoms with Gasteiger partial charge in [0.2, 0.25) is 0 Å². The van der Waals surface area contributed by atoms with Crippen LogP contribution >= 0.6 is 11.6 Å². The molecule has 0 spiro atoms. The van der Waals surface area contributed by atoms with E-state index in [2.05, 4.69) is 10.3 Å². The minimum absolute atomic E-state index is 0.0440. The molecule has 0 saturated heterocycles. The summed E-state index contributed by atoms with van der Waals surface area (Å²) in [6.45, 7) is 1.27. The van der Waals surface area contributed by atoms with Gasteiger partial charge in [-0.15, -0.1) is 0 Å². The molecule has 7 nitrogen and oxygen atoms in total. The number of pyridine rings is 2. The number of hydrogen-bond donors (Lipinski definition) is 1. The number of amides is 1. The highest BCUT2D eigenvalue weighted by molar-refractivity contribution is 6.30. The zero-order valence-corrected chi connectivity index (χ0v) is 18.7. The lowest BCUT2D eigenvalue weighted by atomic mass is 9.97. The lowest BCUT2D eigenvalue weighted by Crippen LogP contribution is -2.28. The van der Waals surface area contributed by atoms with Crippen LogP contribution in [0.3, 0.4) is 0 Å². The van der Waals surface area contributed by atoms with Crippen molar-refractivity contribution in [1.82, 2.24) is 9.55 Å². The second kappa shape index (κ2) is 9.26. The maximum atomic E-state index is 13.1. The Kier molecular flexibility index (Phi) is 6.24. The molecule has 4 aromatic rings. The van der Waals surface area contributed by atoms with Gasteiger partial charge in [-0.1, -0.05) is 48.0 Å². The van der Waals surface area contributed by atoms with Gasteiger partial charge in [0.1, 0.15) is 11.5 Å². The third kappa shape index (κ3) is 4.63. The maximum absolute atomic E-state index is 13.1. The summed E-state index contributed by atoms with van der Waals surface area (Å²) >= 11 is 6.04. The van der Waals surface area contributed by atoms with Crippen LogP contribution in [0.5, 0.6) is 0 Å². The second-order valence-electron chi connectivity index (χ2n) is 7.43. The molecule has 166 valence electrons. The summed E-state index contributed by atoms with van der Waals surface area (Å²) in [5.74, 6) is -0.978. The number of esters is 1. The first kappa shape index (κ1) is 22.2. The monoisotopic (exact) mass is 461 g/mol. The van der Waals surface area contributed by atoms with Gasteiger partial charge in [0.05, 0.1) is 0 Å². The standard InChI is InChI=1S/C25H20ClN3O4/c1-15-6-5-9-20(27-15)28-21(30)14-33-25(32)23-22(16-10-12-17(26)13-11-16)18-7-3-4-8-19(18)24(31)29(23)2/h3-13H,14H2,1-2H3,(H,27,28,30). The van der Waals surface area contributed by atoms with Gasteiger partial charge in [0, 0.05) is 28.7 Å². The number of aromatic nitrogens is 2. The summed E-state index contributed by atoms with van der Waals surface area (Å²) in [6, 6.07) is 19.2. The Hall–Kier alpha value is -3.97. The molecular formula is C25H20ClN3O4.